The number of rotatable bonds is 7. The third-order valence-corrected chi connectivity index (χ3v) is 5.42. The van der Waals surface area contributed by atoms with Crippen LogP contribution in [0.3, 0.4) is 0 Å². The molecule has 1 aliphatic heterocycles. The Kier molecular flexibility index (Phi) is 8.39. The van der Waals surface area contributed by atoms with Crippen molar-refractivity contribution in [1.82, 2.24) is 10.2 Å². The predicted octanol–water partition coefficient (Wildman–Crippen LogP) is 3.84. The standard InChI is InChI=1S/C22H24BrN3O4S/c1-29-11-12-30-19-8-7-16(23)14-18(19)20(27)25-22(31)24-17-6-4-5-15(13-17)21(28)26-9-2-3-10-26/h4-8,13-14H,2-3,9-12H2,1H3,(H2,24,25,27,31). The van der Waals surface area contributed by atoms with Crippen molar-refractivity contribution in [2.24, 2.45) is 0 Å². The molecular formula is C22H24BrN3O4S. The fraction of sp³-hybridized carbons (Fsp3) is 0.318. The molecule has 0 bridgehead atoms. The molecule has 1 aliphatic rings. The number of carbonyl (C=O) groups excluding carboxylic acids is 2. The molecule has 1 fully saturated rings. The SMILES string of the molecule is COCCOc1ccc(Br)cc1C(=O)NC(=S)Nc1cccc(C(=O)N2CCCC2)c1. The van der Waals surface area contributed by atoms with Gasteiger partial charge >= 0.3 is 0 Å². The number of hydrogen-bond donors (Lipinski definition) is 2. The van der Waals surface area contributed by atoms with Gasteiger partial charge in [0.1, 0.15) is 12.4 Å². The Morgan fingerprint density at radius 3 is 2.65 bits per heavy atom. The van der Waals surface area contributed by atoms with Crippen molar-refractivity contribution < 1.29 is 19.1 Å². The van der Waals surface area contributed by atoms with Gasteiger partial charge in [0.15, 0.2) is 5.11 Å². The van der Waals surface area contributed by atoms with E-state index < -0.39 is 5.91 Å². The van der Waals surface area contributed by atoms with Crippen molar-refractivity contribution in [3.05, 3.63) is 58.1 Å². The third kappa shape index (κ3) is 6.49. The first-order valence-corrected chi connectivity index (χ1v) is 11.1. The van der Waals surface area contributed by atoms with Gasteiger partial charge in [0, 0.05) is 35.9 Å². The Morgan fingerprint density at radius 1 is 1.13 bits per heavy atom. The minimum absolute atomic E-state index is 0.00286. The summed E-state index contributed by atoms with van der Waals surface area (Å²) in [6.45, 7) is 2.29. The molecule has 1 saturated heterocycles. The van der Waals surface area contributed by atoms with Crippen molar-refractivity contribution in [3.63, 3.8) is 0 Å². The van der Waals surface area contributed by atoms with Crippen LogP contribution in [0.2, 0.25) is 0 Å². The second-order valence-electron chi connectivity index (χ2n) is 6.97. The number of likely N-dealkylation sites (tertiary alicyclic amines) is 1. The molecule has 0 aromatic heterocycles. The lowest BCUT2D eigenvalue weighted by atomic mass is 10.1. The summed E-state index contributed by atoms with van der Waals surface area (Å²) in [4.78, 5) is 27.2. The highest BCUT2D eigenvalue weighted by Gasteiger charge is 2.20. The average Bonchev–Trinajstić information content (AvgIpc) is 3.29. The maximum Gasteiger partial charge on any atom is 0.261 e. The highest BCUT2D eigenvalue weighted by molar-refractivity contribution is 9.10. The van der Waals surface area contributed by atoms with E-state index in [9.17, 15) is 9.59 Å². The lowest BCUT2D eigenvalue weighted by molar-refractivity contribution is 0.0792. The molecule has 164 valence electrons. The van der Waals surface area contributed by atoms with Gasteiger partial charge in [0.05, 0.1) is 12.2 Å². The number of ether oxygens (including phenoxy) is 2. The predicted molar refractivity (Wildman–Crippen MR) is 127 cm³/mol. The Morgan fingerprint density at radius 2 is 1.90 bits per heavy atom. The molecule has 9 heteroatoms. The quantitative estimate of drug-likeness (QED) is 0.439. The number of methoxy groups -OCH3 is 1. The van der Waals surface area contributed by atoms with Crippen LogP contribution in [0.4, 0.5) is 5.69 Å². The van der Waals surface area contributed by atoms with Gasteiger partial charge in [-0.05, 0) is 61.5 Å². The average molecular weight is 506 g/mol. The van der Waals surface area contributed by atoms with Crippen LogP contribution in [0, 0.1) is 0 Å². The first-order valence-electron chi connectivity index (χ1n) is 9.91. The summed E-state index contributed by atoms with van der Waals surface area (Å²) in [5.41, 5.74) is 1.55. The highest BCUT2D eigenvalue weighted by Crippen LogP contribution is 2.23. The smallest absolute Gasteiger partial charge is 0.261 e. The van der Waals surface area contributed by atoms with Crippen molar-refractivity contribution in [1.29, 1.82) is 0 Å². The van der Waals surface area contributed by atoms with Gasteiger partial charge in [-0.25, -0.2) is 0 Å². The van der Waals surface area contributed by atoms with Crippen LogP contribution in [-0.2, 0) is 4.74 Å². The summed E-state index contributed by atoms with van der Waals surface area (Å²) in [5, 5.41) is 5.76. The Labute approximate surface area is 195 Å². The monoisotopic (exact) mass is 505 g/mol. The van der Waals surface area contributed by atoms with Crippen molar-refractivity contribution >= 4 is 50.8 Å². The van der Waals surface area contributed by atoms with E-state index >= 15 is 0 Å². The van der Waals surface area contributed by atoms with Gasteiger partial charge in [-0.1, -0.05) is 22.0 Å². The maximum absolute atomic E-state index is 12.8. The van der Waals surface area contributed by atoms with Gasteiger partial charge in [0.2, 0.25) is 0 Å². The third-order valence-electron chi connectivity index (χ3n) is 4.72. The number of thiocarbonyl (C=S) groups is 1. The van der Waals surface area contributed by atoms with Gasteiger partial charge < -0.3 is 19.7 Å². The molecule has 1 heterocycles. The van der Waals surface area contributed by atoms with Crippen molar-refractivity contribution in [2.75, 3.05) is 38.7 Å². The van der Waals surface area contributed by atoms with E-state index in [4.69, 9.17) is 21.7 Å². The number of hydrogen-bond acceptors (Lipinski definition) is 5. The van der Waals surface area contributed by atoms with Crippen LogP contribution in [0.1, 0.15) is 33.6 Å². The van der Waals surface area contributed by atoms with E-state index in [1.165, 1.54) is 0 Å². The number of anilines is 1. The zero-order chi connectivity index (χ0) is 22.2. The first-order chi connectivity index (χ1) is 15.0. The van der Waals surface area contributed by atoms with Gasteiger partial charge in [-0.15, -0.1) is 0 Å². The number of nitrogens with one attached hydrogen (secondary N) is 2. The number of halogens is 1. The van der Waals surface area contributed by atoms with Crippen LogP contribution in [0.25, 0.3) is 0 Å². The molecule has 31 heavy (non-hydrogen) atoms. The molecule has 0 spiro atoms. The summed E-state index contributed by atoms with van der Waals surface area (Å²) in [6.07, 6.45) is 2.07. The largest absolute Gasteiger partial charge is 0.490 e. The summed E-state index contributed by atoms with van der Waals surface area (Å²) >= 11 is 8.67. The van der Waals surface area contributed by atoms with Crippen LogP contribution >= 0.6 is 28.1 Å². The molecule has 0 aliphatic carbocycles. The van der Waals surface area contributed by atoms with E-state index in [-0.39, 0.29) is 11.0 Å². The lowest BCUT2D eigenvalue weighted by Gasteiger charge is -2.16. The van der Waals surface area contributed by atoms with Crippen LogP contribution in [0.5, 0.6) is 5.75 Å². The minimum Gasteiger partial charge on any atom is -0.490 e. The molecule has 2 amide bonds. The van der Waals surface area contributed by atoms with Gasteiger partial charge in [-0.2, -0.15) is 0 Å². The van der Waals surface area contributed by atoms with E-state index in [2.05, 4.69) is 26.6 Å². The molecule has 0 unspecified atom stereocenters. The van der Waals surface area contributed by atoms with Crippen LogP contribution in [-0.4, -0.2) is 55.2 Å². The zero-order valence-corrected chi connectivity index (χ0v) is 19.6. The number of amides is 2. The van der Waals surface area contributed by atoms with Crippen molar-refractivity contribution in [2.45, 2.75) is 12.8 Å². The van der Waals surface area contributed by atoms with E-state index in [0.29, 0.717) is 35.8 Å². The van der Waals surface area contributed by atoms with Gasteiger partial charge in [0.25, 0.3) is 11.8 Å². The fourth-order valence-electron chi connectivity index (χ4n) is 3.21. The molecular weight excluding hydrogens is 482 g/mol. The van der Waals surface area contributed by atoms with Crippen LogP contribution in [0.15, 0.2) is 46.9 Å². The maximum atomic E-state index is 12.8. The zero-order valence-electron chi connectivity index (χ0n) is 17.2. The Balaban J connectivity index is 1.64. The van der Waals surface area contributed by atoms with Crippen LogP contribution < -0.4 is 15.4 Å². The molecule has 0 atom stereocenters. The molecule has 7 nitrogen and oxygen atoms in total. The summed E-state index contributed by atoms with van der Waals surface area (Å²) < 4.78 is 11.4. The second kappa shape index (κ2) is 11.2. The minimum atomic E-state index is -0.407. The number of carbonyl (C=O) groups is 2. The van der Waals surface area contributed by atoms with Crippen molar-refractivity contribution in [3.8, 4) is 5.75 Å². The summed E-state index contributed by atoms with van der Waals surface area (Å²) in [7, 11) is 1.58. The second-order valence-corrected chi connectivity index (χ2v) is 8.29. The topological polar surface area (TPSA) is 79.9 Å². The normalized spacial score (nSPS) is 13.0. The number of benzene rings is 2. The lowest BCUT2D eigenvalue weighted by Crippen LogP contribution is -2.34. The van der Waals surface area contributed by atoms with Gasteiger partial charge in [-0.3, -0.25) is 14.9 Å². The molecule has 2 aromatic rings. The number of nitrogens with zero attached hydrogens (tertiary/aromatic N) is 1. The Bertz CT molecular complexity index is 964. The summed E-state index contributed by atoms with van der Waals surface area (Å²) in [6, 6.07) is 12.2. The summed E-state index contributed by atoms with van der Waals surface area (Å²) in [5.74, 6) is 0.0253. The molecule has 0 radical (unpaired) electrons. The molecule has 2 aromatic carbocycles. The Hall–Kier alpha value is -2.49. The fourth-order valence-corrected chi connectivity index (χ4v) is 3.78. The first kappa shape index (κ1) is 23.2. The molecule has 3 rings (SSSR count). The highest BCUT2D eigenvalue weighted by atomic mass is 79.9. The molecule has 2 N–H and O–H groups in total. The van der Waals surface area contributed by atoms with E-state index in [0.717, 1.165) is 30.4 Å². The van der Waals surface area contributed by atoms with E-state index in [1.807, 2.05) is 4.90 Å². The van der Waals surface area contributed by atoms with E-state index in [1.54, 1.807) is 49.6 Å². The molecule has 0 saturated carbocycles.